The van der Waals surface area contributed by atoms with E-state index in [0.29, 0.717) is 12.1 Å². The molecule has 1 saturated heterocycles. The first kappa shape index (κ1) is 11.4. The molecule has 0 aromatic carbocycles. The molecule has 1 aliphatic heterocycles. The molecule has 2 aliphatic rings. The van der Waals surface area contributed by atoms with Crippen LogP contribution in [0.5, 0.6) is 0 Å². The first-order chi connectivity index (χ1) is 7.24. The molecule has 88 valence electrons. The van der Waals surface area contributed by atoms with Gasteiger partial charge in [-0.25, -0.2) is 0 Å². The van der Waals surface area contributed by atoms with Gasteiger partial charge in [0.1, 0.15) is 0 Å². The molecule has 2 rings (SSSR count). The Morgan fingerprint density at radius 1 is 1.13 bits per heavy atom. The Balaban J connectivity index is 2.00. The van der Waals surface area contributed by atoms with Crippen LogP contribution in [-0.2, 0) is 0 Å². The Morgan fingerprint density at radius 3 is 2.60 bits per heavy atom. The van der Waals surface area contributed by atoms with Gasteiger partial charge in [-0.1, -0.05) is 6.42 Å². The molecule has 4 atom stereocenters. The molecular weight excluding hydrogens is 184 g/mol. The minimum absolute atomic E-state index is 0.615. The van der Waals surface area contributed by atoms with Gasteiger partial charge in [-0.2, -0.15) is 0 Å². The summed E-state index contributed by atoms with van der Waals surface area (Å²) < 4.78 is 0. The van der Waals surface area contributed by atoms with Gasteiger partial charge in [-0.3, -0.25) is 4.90 Å². The molecule has 0 aromatic heterocycles. The number of rotatable bonds is 3. The summed E-state index contributed by atoms with van der Waals surface area (Å²) in [5, 5.41) is 3.40. The van der Waals surface area contributed by atoms with Crippen LogP contribution in [0.3, 0.4) is 0 Å². The summed E-state index contributed by atoms with van der Waals surface area (Å²) in [5.74, 6) is 1.02. The third kappa shape index (κ3) is 2.21. The Hall–Kier alpha value is -0.0800. The average Bonchev–Trinajstić information content (AvgIpc) is 2.74. The summed E-state index contributed by atoms with van der Waals surface area (Å²) in [6, 6.07) is 2.22. The molecule has 1 saturated carbocycles. The quantitative estimate of drug-likeness (QED) is 0.768. The lowest BCUT2D eigenvalue weighted by atomic mass is 9.90. The molecule has 0 aromatic rings. The van der Waals surface area contributed by atoms with Crippen LogP contribution in [-0.4, -0.2) is 36.6 Å². The standard InChI is InChI=1S/C13H26N2/c1-10(14-3)11(2)15-9-5-7-12-6-4-8-13(12)15/h10-14H,4-9H2,1-3H3. The van der Waals surface area contributed by atoms with E-state index >= 15 is 0 Å². The first-order valence-electron chi connectivity index (χ1n) is 6.67. The molecule has 0 radical (unpaired) electrons. The highest BCUT2D eigenvalue weighted by molar-refractivity contribution is 4.93. The van der Waals surface area contributed by atoms with Gasteiger partial charge in [0.25, 0.3) is 0 Å². The highest BCUT2D eigenvalue weighted by atomic mass is 15.2. The van der Waals surface area contributed by atoms with Crippen LogP contribution < -0.4 is 5.32 Å². The Morgan fingerprint density at radius 2 is 1.87 bits per heavy atom. The van der Waals surface area contributed by atoms with E-state index in [1.807, 2.05) is 0 Å². The molecule has 2 heteroatoms. The monoisotopic (exact) mass is 210 g/mol. The smallest absolute Gasteiger partial charge is 0.0221 e. The molecule has 0 bridgehead atoms. The molecule has 1 heterocycles. The average molecular weight is 210 g/mol. The van der Waals surface area contributed by atoms with E-state index in [-0.39, 0.29) is 0 Å². The fourth-order valence-electron chi connectivity index (χ4n) is 3.53. The zero-order valence-corrected chi connectivity index (χ0v) is 10.5. The predicted molar refractivity (Wildman–Crippen MR) is 65.1 cm³/mol. The SMILES string of the molecule is CNC(C)C(C)N1CCCC2CCCC21. The van der Waals surface area contributed by atoms with Crippen LogP contribution in [0.1, 0.15) is 46.0 Å². The summed E-state index contributed by atoms with van der Waals surface area (Å²) in [6.07, 6.45) is 7.31. The lowest BCUT2D eigenvalue weighted by Crippen LogP contribution is -2.53. The minimum Gasteiger partial charge on any atom is -0.316 e. The highest BCUT2D eigenvalue weighted by Gasteiger charge is 2.37. The molecule has 2 fully saturated rings. The Bertz CT molecular complexity index is 205. The maximum absolute atomic E-state index is 3.40. The molecule has 1 aliphatic carbocycles. The van der Waals surface area contributed by atoms with E-state index in [2.05, 4.69) is 31.1 Å². The van der Waals surface area contributed by atoms with Gasteiger partial charge < -0.3 is 5.32 Å². The first-order valence-corrected chi connectivity index (χ1v) is 6.67. The molecule has 4 unspecified atom stereocenters. The van der Waals surface area contributed by atoms with Gasteiger partial charge in [0.15, 0.2) is 0 Å². The van der Waals surface area contributed by atoms with Crippen LogP contribution >= 0.6 is 0 Å². The number of hydrogen-bond acceptors (Lipinski definition) is 2. The van der Waals surface area contributed by atoms with Gasteiger partial charge in [0.05, 0.1) is 0 Å². The number of likely N-dealkylation sites (N-methyl/N-ethyl adjacent to an activating group) is 1. The number of nitrogens with one attached hydrogen (secondary N) is 1. The summed E-state index contributed by atoms with van der Waals surface area (Å²) in [5.41, 5.74) is 0. The summed E-state index contributed by atoms with van der Waals surface area (Å²) in [6.45, 7) is 6.03. The summed E-state index contributed by atoms with van der Waals surface area (Å²) in [4.78, 5) is 2.78. The van der Waals surface area contributed by atoms with Crippen LogP contribution in [0.25, 0.3) is 0 Å². The number of fused-ring (bicyclic) bond motifs is 1. The van der Waals surface area contributed by atoms with E-state index in [4.69, 9.17) is 0 Å². The van der Waals surface area contributed by atoms with Crippen molar-refractivity contribution < 1.29 is 0 Å². The fraction of sp³-hybridized carbons (Fsp3) is 1.00. The minimum atomic E-state index is 0.615. The van der Waals surface area contributed by atoms with E-state index in [0.717, 1.165) is 12.0 Å². The topological polar surface area (TPSA) is 15.3 Å². The molecule has 2 nitrogen and oxygen atoms in total. The van der Waals surface area contributed by atoms with Gasteiger partial charge in [0.2, 0.25) is 0 Å². The number of hydrogen-bond donors (Lipinski definition) is 1. The fourth-order valence-corrected chi connectivity index (χ4v) is 3.53. The van der Waals surface area contributed by atoms with Crippen molar-refractivity contribution >= 4 is 0 Å². The van der Waals surface area contributed by atoms with Crippen LogP contribution in [0.2, 0.25) is 0 Å². The lowest BCUT2D eigenvalue weighted by molar-refractivity contribution is 0.0611. The predicted octanol–water partition coefficient (Wildman–Crippen LogP) is 2.25. The lowest BCUT2D eigenvalue weighted by Gasteiger charge is -2.43. The van der Waals surface area contributed by atoms with E-state index < -0.39 is 0 Å². The van der Waals surface area contributed by atoms with Gasteiger partial charge in [-0.15, -0.1) is 0 Å². The molecule has 0 amide bonds. The maximum Gasteiger partial charge on any atom is 0.0221 e. The molecule has 15 heavy (non-hydrogen) atoms. The van der Waals surface area contributed by atoms with Gasteiger partial charge in [0, 0.05) is 18.1 Å². The number of likely N-dealkylation sites (tertiary alicyclic amines) is 1. The van der Waals surface area contributed by atoms with E-state index in [1.54, 1.807) is 0 Å². The van der Waals surface area contributed by atoms with Crippen molar-refractivity contribution in [2.45, 2.75) is 64.1 Å². The van der Waals surface area contributed by atoms with E-state index in [1.165, 1.54) is 38.6 Å². The van der Waals surface area contributed by atoms with Crippen LogP contribution in [0.15, 0.2) is 0 Å². The third-order valence-electron chi connectivity index (χ3n) is 4.74. The van der Waals surface area contributed by atoms with Crippen LogP contribution in [0, 0.1) is 5.92 Å². The highest BCUT2D eigenvalue weighted by Crippen LogP contribution is 2.37. The summed E-state index contributed by atoms with van der Waals surface area (Å²) >= 11 is 0. The maximum atomic E-state index is 3.40. The van der Waals surface area contributed by atoms with Gasteiger partial charge in [-0.05, 0) is 59.0 Å². The number of nitrogens with zero attached hydrogens (tertiary/aromatic N) is 1. The van der Waals surface area contributed by atoms with Crippen molar-refractivity contribution in [3.05, 3.63) is 0 Å². The van der Waals surface area contributed by atoms with Crippen LogP contribution in [0.4, 0.5) is 0 Å². The zero-order valence-electron chi connectivity index (χ0n) is 10.5. The van der Waals surface area contributed by atoms with Crippen molar-refractivity contribution in [3.63, 3.8) is 0 Å². The second kappa shape index (κ2) is 4.84. The number of piperidine rings is 1. The third-order valence-corrected chi connectivity index (χ3v) is 4.74. The van der Waals surface area contributed by atoms with Crippen molar-refractivity contribution in [2.75, 3.05) is 13.6 Å². The largest absolute Gasteiger partial charge is 0.316 e. The molecular formula is C13H26N2. The molecule has 1 N–H and O–H groups in total. The zero-order chi connectivity index (χ0) is 10.8. The van der Waals surface area contributed by atoms with E-state index in [9.17, 15) is 0 Å². The second-order valence-electron chi connectivity index (χ2n) is 5.46. The van der Waals surface area contributed by atoms with Gasteiger partial charge >= 0.3 is 0 Å². The van der Waals surface area contributed by atoms with Crippen molar-refractivity contribution in [2.24, 2.45) is 5.92 Å². The van der Waals surface area contributed by atoms with Crippen molar-refractivity contribution in [3.8, 4) is 0 Å². The summed E-state index contributed by atoms with van der Waals surface area (Å²) in [7, 11) is 2.08. The van der Waals surface area contributed by atoms with Crippen molar-refractivity contribution in [1.29, 1.82) is 0 Å². The molecule has 0 spiro atoms. The Kier molecular flexibility index (Phi) is 3.68. The van der Waals surface area contributed by atoms with Crippen molar-refractivity contribution in [1.82, 2.24) is 10.2 Å². The normalized spacial score (nSPS) is 36.2. The second-order valence-corrected chi connectivity index (χ2v) is 5.46. The Labute approximate surface area is 94.4 Å².